The van der Waals surface area contributed by atoms with Crippen molar-refractivity contribution < 1.29 is 19.5 Å². The van der Waals surface area contributed by atoms with Crippen LogP contribution in [0.1, 0.15) is 49.7 Å². The molecule has 1 N–H and O–H groups in total. The molecule has 5 rings (SSSR count). The fourth-order valence-electron chi connectivity index (χ4n) is 6.15. The summed E-state index contributed by atoms with van der Waals surface area (Å²) in [6, 6.07) is 17.9. The number of guanidine groups is 1. The Morgan fingerprint density at radius 1 is 0.821 bits per heavy atom. The molecule has 3 amide bonds. The van der Waals surface area contributed by atoms with E-state index in [0.29, 0.717) is 24.1 Å². The number of rotatable bonds is 11. The lowest BCUT2D eigenvalue weighted by atomic mass is 9.81. The van der Waals surface area contributed by atoms with Crippen molar-refractivity contribution in [2.75, 3.05) is 45.8 Å². The van der Waals surface area contributed by atoms with Crippen LogP contribution in [-0.2, 0) is 15.1 Å². The summed E-state index contributed by atoms with van der Waals surface area (Å²) in [6.07, 6.45) is 5.95. The standard InChI is InChI=1S/C30H37N5O4/c36-26(37)23-34-27(38)30(24-13-5-3-6-14-24,25-15-7-4-8-16-25)35(29(34)39)22-10-2-1-9-18-32-20-12-21-33-19-11-17-31-28(32)33/h3-8,13-16H,1-2,9-12,17-23H2,(H,36,37). The highest BCUT2D eigenvalue weighted by Gasteiger charge is 2.59. The van der Waals surface area contributed by atoms with Gasteiger partial charge in [-0.25, -0.2) is 4.79 Å². The van der Waals surface area contributed by atoms with Crippen LogP contribution in [-0.4, -0.2) is 94.4 Å². The highest BCUT2D eigenvalue weighted by atomic mass is 16.4. The first kappa shape index (κ1) is 26.7. The highest BCUT2D eigenvalue weighted by Crippen LogP contribution is 2.43. The van der Waals surface area contributed by atoms with Gasteiger partial charge in [-0.3, -0.25) is 19.5 Å². The van der Waals surface area contributed by atoms with E-state index < -0.39 is 30.0 Å². The summed E-state index contributed by atoms with van der Waals surface area (Å²) in [5.74, 6) is -0.578. The number of carbonyl (C=O) groups is 3. The van der Waals surface area contributed by atoms with Gasteiger partial charge in [-0.2, -0.15) is 0 Å². The molecule has 3 heterocycles. The first-order valence-electron chi connectivity index (χ1n) is 14.0. The summed E-state index contributed by atoms with van der Waals surface area (Å²) in [6.45, 7) is 4.83. The van der Waals surface area contributed by atoms with E-state index in [-0.39, 0.29) is 0 Å². The summed E-state index contributed by atoms with van der Waals surface area (Å²) in [5.41, 5.74) is -0.0819. The molecule has 0 atom stereocenters. The van der Waals surface area contributed by atoms with E-state index in [2.05, 4.69) is 9.80 Å². The number of urea groups is 1. The molecule has 0 aliphatic carbocycles. The number of imide groups is 1. The van der Waals surface area contributed by atoms with Gasteiger partial charge in [0.15, 0.2) is 11.5 Å². The van der Waals surface area contributed by atoms with Crippen LogP contribution in [0.3, 0.4) is 0 Å². The topological polar surface area (TPSA) is 96.8 Å². The van der Waals surface area contributed by atoms with Gasteiger partial charge in [-0.15, -0.1) is 0 Å². The predicted octanol–water partition coefficient (Wildman–Crippen LogP) is 3.61. The Kier molecular flexibility index (Phi) is 8.14. The van der Waals surface area contributed by atoms with Crippen molar-refractivity contribution in [3.8, 4) is 0 Å². The van der Waals surface area contributed by atoms with Crippen molar-refractivity contribution in [2.45, 2.75) is 44.1 Å². The van der Waals surface area contributed by atoms with Crippen LogP contribution < -0.4 is 0 Å². The minimum Gasteiger partial charge on any atom is -0.480 e. The SMILES string of the molecule is O=C(O)CN1C(=O)N(CCCCCCN2CCCN3CCCN=C23)C(c2ccccc2)(c2ccccc2)C1=O. The second kappa shape index (κ2) is 11.9. The van der Waals surface area contributed by atoms with Crippen LogP contribution in [0.4, 0.5) is 4.79 Å². The average molecular weight is 532 g/mol. The third-order valence-corrected chi connectivity index (χ3v) is 7.92. The number of carboxylic acids is 1. The molecule has 0 unspecified atom stereocenters. The van der Waals surface area contributed by atoms with E-state index in [9.17, 15) is 19.5 Å². The van der Waals surface area contributed by atoms with Crippen molar-refractivity contribution in [2.24, 2.45) is 4.99 Å². The molecular formula is C30H37N5O4. The normalized spacial score (nSPS) is 18.8. The van der Waals surface area contributed by atoms with E-state index in [0.717, 1.165) is 75.7 Å². The Balaban J connectivity index is 1.30. The zero-order valence-electron chi connectivity index (χ0n) is 22.4. The molecule has 2 aromatic rings. The lowest BCUT2D eigenvalue weighted by Gasteiger charge is -2.41. The molecule has 2 aromatic carbocycles. The number of unbranched alkanes of at least 4 members (excludes halogenated alkanes) is 3. The van der Waals surface area contributed by atoms with Gasteiger partial charge in [0, 0.05) is 39.3 Å². The zero-order valence-corrected chi connectivity index (χ0v) is 22.4. The Hall–Kier alpha value is -3.88. The third kappa shape index (κ3) is 5.22. The smallest absolute Gasteiger partial charge is 0.328 e. The van der Waals surface area contributed by atoms with Crippen molar-refractivity contribution in [3.63, 3.8) is 0 Å². The summed E-state index contributed by atoms with van der Waals surface area (Å²) in [5, 5.41) is 9.48. The third-order valence-electron chi connectivity index (χ3n) is 7.92. The summed E-state index contributed by atoms with van der Waals surface area (Å²) in [4.78, 5) is 51.3. The number of nitrogens with zero attached hydrogens (tertiary/aromatic N) is 5. The van der Waals surface area contributed by atoms with Gasteiger partial charge in [0.2, 0.25) is 0 Å². The Morgan fingerprint density at radius 2 is 1.44 bits per heavy atom. The quantitative estimate of drug-likeness (QED) is 0.352. The van der Waals surface area contributed by atoms with Crippen LogP contribution in [0.5, 0.6) is 0 Å². The van der Waals surface area contributed by atoms with Gasteiger partial charge in [-0.1, -0.05) is 73.5 Å². The monoisotopic (exact) mass is 531 g/mol. The molecular weight excluding hydrogens is 494 g/mol. The van der Waals surface area contributed by atoms with Gasteiger partial charge >= 0.3 is 12.0 Å². The molecule has 3 aliphatic heterocycles. The second-order valence-corrected chi connectivity index (χ2v) is 10.4. The molecule has 0 spiro atoms. The number of carboxylic acid groups (broad SMARTS) is 1. The number of carbonyl (C=O) groups excluding carboxylic acids is 2. The Bertz CT molecular complexity index is 1160. The van der Waals surface area contributed by atoms with Crippen LogP contribution in [0.25, 0.3) is 0 Å². The number of hydrogen-bond donors (Lipinski definition) is 1. The average Bonchev–Trinajstić information content (AvgIpc) is 3.17. The lowest BCUT2D eigenvalue weighted by Crippen LogP contribution is -2.52. The van der Waals surface area contributed by atoms with E-state index >= 15 is 0 Å². The minimum absolute atomic E-state index is 0.356. The maximum atomic E-state index is 14.0. The summed E-state index contributed by atoms with van der Waals surface area (Å²) >= 11 is 0. The molecule has 9 nitrogen and oxygen atoms in total. The van der Waals surface area contributed by atoms with Crippen LogP contribution in [0, 0.1) is 0 Å². The molecule has 3 aliphatic rings. The fraction of sp³-hybridized carbons (Fsp3) is 0.467. The number of benzene rings is 2. The number of aliphatic carboxylic acids is 1. The predicted molar refractivity (Wildman–Crippen MR) is 148 cm³/mol. The molecule has 0 saturated carbocycles. The van der Waals surface area contributed by atoms with Crippen molar-refractivity contribution >= 4 is 23.9 Å². The molecule has 0 bridgehead atoms. The van der Waals surface area contributed by atoms with Crippen LogP contribution >= 0.6 is 0 Å². The number of aliphatic imine (C=N–C) groups is 1. The first-order chi connectivity index (χ1) is 19.0. The van der Waals surface area contributed by atoms with Crippen LogP contribution in [0.15, 0.2) is 65.7 Å². The van der Waals surface area contributed by atoms with Gasteiger partial charge < -0.3 is 19.8 Å². The zero-order chi connectivity index (χ0) is 27.2. The largest absolute Gasteiger partial charge is 0.480 e. The Labute approximate surface area is 229 Å². The molecule has 9 heteroatoms. The molecule has 2 fully saturated rings. The van der Waals surface area contributed by atoms with Crippen molar-refractivity contribution in [3.05, 3.63) is 71.8 Å². The van der Waals surface area contributed by atoms with E-state index in [1.54, 1.807) is 4.90 Å². The van der Waals surface area contributed by atoms with Gasteiger partial charge in [-0.05, 0) is 36.8 Å². The number of hydrogen-bond acceptors (Lipinski definition) is 6. The van der Waals surface area contributed by atoms with E-state index in [1.165, 1.54) is 0 Å². The van der Waals surface area contributed by atoms with Crippen LogP contribution in [0.2, 0.25) is 0 Å². The molecule has 206 valence electrons. The first-order valence-corrected chi connectivity index (χ1v) is 14.0. The van der Waals surface area contributed by atoms with Gasteiger partial charge in [0.1, 0.15) is 6.54 Å². The molecule has 0 radical (unpaired) electrons. The highest BCUT2D eigenvalue weighted by molar-refractivity contribution is 6.11. The van der Waals surface area contributed by atoms with Gasteiger partial charge in [0.05, 0.1) is 0 Å². The second-order valence-electron chi connectivity index (χ2n) is 10.4. The fourth-order valence-corrected chi connectivity index (χ4v) is 6.15. The van der Waals surface area contributed by atoms with Gasteiger partial charge in [0.25, 0.3) is 5.91 Å². The summed E-state index contributed by atoms with van der Waals surface area (Å²) in [7, 11) is 0. The van der Waals surface area contributed by atoms with Crippen molar-refractivity contribution in [1.82, 2.24) is 19.6 Å². The molecule has 2 saturated heterocycles. The van der Waals surface area contributed by atoms with E-state index in [1.807, 2.05) is 60.7 Å². The number of fused-ring (bicyclic) bond motifs is 1. The molecule has 39 heavy (non-hydrogen) atoms. The van der Waals surface area contributed by atoms with E-state index in [4.69, 9.17) is 4.99 Å². The number of amides is 3. The van der Waals surface area contributed by atoms with Crippen molar-refractivity contribution in [1.29, 1.82) is 0 Å². The maximum absolute atomic E-state index is 14.0. The lowest BCUT2D eigenvalue weighted by molar-refractivity contribution is -0.142. The maximum Gasteiger partial charge on any atom is 0.328 e. The minimum atomic E-state index is -1.40. The Morgan fingerprint density at radius 3 is 2.08 bits per heavy atom. The molecule has 0 aromatic heterocycles. The summed E-state index contributed by atoms with van der Waals surface area (Å²) < 4.78 is 0.